The Hall–Kier alpha value is -1.22. The lowest BCUT2D eigenvalue weighted by molar-refractivity contribution is 0.306. The fourth-order valence-electron chi connectivity index (χ4n) is 2.80. The zero-order chi connectivity index (χ0) is 14.8. The molecule has 110 valence electrons. The van der Waals surface area contributed by atoms with Crippen LogP contribution in [0.5, 0.6) is 5.75 Å². The van der Waals surface area contributed by atoms with Crippen LogP contribution in [0.3, 0.4) is 0 Å². The predicted molar refractivity (Wildman–Crippen MR) is 87.4 cm³/mol. The summed E-state index contributed by atoms with van der Waals surface area (Å²) in [6.45, 7) is 0.424. The Morgan fingerprint density at radius 1 is 1.19 bits per heavy atom. The van der Waals surface area contributed by atoms with Crippen LogP contribution in [0.15, 0.2) is 36.4 Å². The summed E-state index contributed by atoms with van der Waals surface area (Å²) in [5.74, 6) is 0.876. The summed E-state index contributed by atoms with van der Waals surface area (Å²) in [4.78, 5) is 0. The maximum absolute atomic E-state index is 6.15. The van der Waals surface area contributed by atoms with E-state index in [2.05, 4.69) is 17.4 Å². The largest absolute Gasteiger partial charge is 0.489 e. The van der Waals surface area contributed by atoms with Gasteiger partial charge in [-0.2, -0.15) is 0 Å². The third-order valence-corrected chi connectivity index (χ3v) is 4.55. The van der Waals surface area contributed by atoms with E-state index >= 15 is 0 Å². The average Bonchev–Trinajstić information content (AvgIpc) is 2.90. The van der Waals surface area contributed by atoms with Crippen LogP contribution < -0.4 is 10.1 Å². The van der Waals surface area contributed by atoms with Gasteiger partial charge in [0.05, 0.1) is 0 Å². The van der Waals surface area contributed by atoms with Gasteiger partial charge < -0.3 is 10.1 Å². The predicted octanol–water partition coefficient (Wildman–Crippen LogP) is 4.78. The molecule has 0 radical (unpaired) electrons. The van der Waals surface area contributed by atoms with Crippen molar-refractivity contribution in [3.05, 3.63) is 63.1 Å². The van der Waals surface area contributed by atoms with Crippen LogP contribution in [0.2, 0.25) is 10.0 Å². The maximum atomic E-state index is 6.15. The summed E-state index contributed by atoms with van der Waals surface area (Å²) in [5, 5.41) is 4.69. The number of halogens is 2. The van der Waals surface area contributed by atoms with E-state index in [9.17, 15) is 0 Å². The normalized spacial score (nSPS) is 16.8. The molecule has 0 heterocycles. The molecule has 0 saturated heterocycles. The first-order valence-corrected chi connectivity index (χ1v) is 7.80. The molecule has 2 nitrogen and oxygen atoms in total. The SMILES string of the molecule is CNC1CCc2cc(OCc3cc(Cl)ccc3Cl)ccc21. The average molecular weight is 322 g/mol. The van der Waals surface area contributed by atoms with E-state index in [4.69, 9.17) is 27.9 Å². The number of rotatable bonds is 4. The lowest BCUT2D eigenvalue weighted by atomic mass is 10.1. The second-order valence-corrected chi connectivity index (χ2v) is 6.11. The molecule has 1 aliphatic carbocycles. The Bertz CT molecular complexity index is 657. The van der Waals surface area contributed by atoms with Gasteiger partial charge in [-0.1, -0.05) is 29.3 Å². The van der Waals surface area contributed by atoms with E-state index in [1.54, 1.807) is 12.1 Å². The Balaban J connectivity index is 1.73. The molecular weight excluding hydrogens is 305 g/mol. The van der Waals surface area contributed by atoms with Crippen LogP contribution in [-0.2, 0) is 13.0 Å². The van der Waals surface area contributed by atoms with Crippen molar-refractivity contribution in [1.82, 2.24) is 5.32 Å². The van der Waals surface area contributed by atoms with Crippen LogP contribution in [-0.4, -0.2) is 7.05 Å². The number of hydrogen-bond acceptors (Lipinski definition) is 2. The fourth-order valence-corrected chi connectivity index (χ4v) is 3.17. The van der Waals surface area contributed by atoms with Crippen molar-refractivity contribution >= 4 is 23.2 Å². The standard InChI is InChI=1S/C17H17Cl2NO/c1-20-17-7-2-11-9-14(4-5-15(11)17)21-10-12-8-13(18)3-6-16(12)19/h3-6,8-9,17,20H,2,7,10H2,1H3. The smallest absolute Gasteiger partial charge is 0.120 e. The topological polar surface area (TPSA) is 21.3 Å². The van der Waals surface area contributed by atoms with Gasteiger partial charge in [0, 0.05) is 21.7 Å². The van der Waals surface area contributed by atoms with Crippen molar-refractivity contribution in [2.75, 3.05) is 7.05 Å². The van der Waals surface area contributed by atoms with E-state index in [0.717, 1.165) is 24.2 Å². The van der Waals surface area contributed by atoms with Crippen LogP contribution in [0, 0.1) is 0 Å². The Kier molecular flexibility index (Phi) is 4.39. The molecule has 0 bridgehead atoms. The van der Waals surface area contributed by atoms with Gasteiger partial charge in [-0.25, -0.2) is 0 Å². The van der Waals surface area contributed by atoms with Crippen molar-refractivity contribution in [1.29, 1.82) is 0 Å². The lowest BCUT2D eigenvalue weighted by Gasteiger charge is -2.12. The summed E-state index contributed by atoms with van der Waals surface area (Å²) < 4.78 is 5.86. The van der Waals surface area contributed by atoms with Gasteiger partial charge in [0.2, 0.25) is 0 Å². The summed E-state index contributed by atoms with van der Waals surface area (Å²) in [5.41, 5.74) is 3.65. The first kappa shape index (κ1) is 14.7. The van der Waals surface area contributed by atoms with Crippen molar-refractivity contribution in [2.45, 2.75) is 25.5 Å². The van der Waals surface area contributed by atoms with E-state index in [1.165, 1.54) is 11.1 Å². The van der Waals surface area contributed by atoms with Gasteiger partial charge in [-0.05, 0) is 61.3 Å². The van der Waals surface area contributed by atoms with Gasteiger partial charge in [-0.15, -0.1) is 0 Å². The highest BCUT2D eigenvalue weighted by Gasteiger charge is 2.21. The van der Waals surface area contributed by atoms with Gasteiger partial charge >= 0.3 is 0 Å². The summed E-state index contributed by atoms with van der Waals surface area (Å²) >= 11 is 12.1. The molecule has 1 N–H and O–H groups in total. The summed E-state index contributed by atoms with van der Waals surface area (Å²) in [6.07, 6.45) is 2.24. The second-order valence-electron chi connectivity index (χ2n) is 5.26. The molecular formula is C17H17Cl2NO. The third-order valence-electron chi connectivity index (χ3n) is 3.94. The maximum Gasteiger partial charge on any atom is 0.120 e. The molecule has 0 aliphatic heterocycles. The van der Waals surface area contributed by atoms with Crippen molar-refractivity contribution in [3.63, 3.8) is 0 Å². The van der Waals surface area contributed by atoms with Crippen molar-refractivity contribution in [3.8, 4) is 5.75 Å². The first-order valence-electron chi connectivity index (χ1n) is 7.04. The van der Waals surface area contributed by atoms with Crippen LogP contribution in [0.1, 0.15) is 29.2 Å². The molecule has 1 aliphatic rings. The van der Waals surface area contributed by atoms with E-state index in [-0.39, 0.29) is 0 Å². The zero-order valence-electron chi connectivity index (χ0n) is 11.8. The first-order chi connectivity index (χ1) is 10.2. The zero-order valence-corrected chi connectivity index (χ0v) is 13.3. The molecule has 2 aromatic rings. The van der Waals surface area contributed by atoms with E-state index in [0.29, 0.717) is 22.7 Å². The Morgan fingerprint density at radius 2 is 2.05 bits per heavy atom. The Labute approximate surface area is 135 Å². The number of fused-ring (bicyclic) bond motifs is 1. The van der Waals surface area contributed by atoms with Crippen LogP contribution in [0.25, 0.3) is 0 Å². The molecule has 0 saturated carbocycles. The number of ether oxygens (including phenoxy) is 1. The highest BCUT2D eigenvalue weighted by molar-refractivity contribution is 6.33. The highest BCUT2D eigenvalue weighted by Crippen LogP contribution is 2.33. The summed E-state index contributed by atoms with van der Waals surface area (Å²) in [6, 6.07) is 12.2. The lowest BCUT2D eigenvalue weighted by Crippen LogP contribution is -2.12. The minimum absolute atomic E-state index is 0.424. The molecule has 0 aromatic heterocycles. The fraction of sp³-hybridized carbons (Fsp3) is 0.294. The highest BCUT2D eigenvalue weighted by atomic mass is 35.5. The molecule has 4 heteroatoms. The minimum atomic E-state index is 0.424. The van der Waals surface area contributed by atoms with Crippen molar-refractivity contribution in [2.24, 2.45) is 0 Å². The van der Waals surface area contributed by atoms with Gasteiger partial charge in [0.15, 0.2) is 0 Å². The van der Waals surface area contributed by atoms with Gasteiger partial charge in [0.25, 0.3) is 0 Å². The quantitative estimate of drug-likeness (QED) is 0.875. The van der Waals surface area contributed by atoms with Gasteiger partial charge in [0.1, 0.15) is 12.4 Å². The number of nitrogens with one attached hydrogen (secondary N) is 1. The van der Waals surface area contributed by atoms with Gasteiger partial charge in [-0.3, -0.25) is 0 Å². The number of benzene rings is 2. The molecule has 1 unspecified atom stereocenters. The number of aryl methyl sites for hydroxylation is 1. The molecule has 21 heavy (non-hydrogen) atoms. The van der Waals surface area contributed by atoms with E-state index in [1.807, 2.05) is 19.2 Å². The molecule has 1 atom stereocenters. The molecule has 2 aromatic carbocycles. The summed E-state index contributed by atoms with van der Waals surface area (Å²) in [7, 11) is 2.01. The number of hydrogen-bond donors (Lipinski definition) is 1. The van der Waals surface area contributed by atoms with Crippen LogP contribution in [0.4, 0.5) is 0 Å². The molecule has 0 fully saturated rings. The third kappa shape index (κ3) is 3.18. The molecule has 0 spiro atoms. The second kappa shape index (κ2) is 6.27. The Morgan fingerprint density at radius 3 is 2.86 bits per heavy atom. The molecule has 0 amide bonds. The monoisotopic (exact) mass is 321 g/mol. The van der Waals surface area contributed by atoms with Crippen molar-refractivity contribution < 1.29 is 4.74 Å². The minimum Gasteiger partial charge on any atom is -0.489 e. The van der Waals surface area contributed by atoms with Crippen LogP contribution >= 0.6 is 23.2 Å². The molecule has 3 rings (SSSR count). The van der Waals surface area contributed by atoms with E-state index < -0.39 is 0 Å².